The molecular formula is C10H8BrN3O2. The molecule has 0 bridgehead atoms. The van der Waals surface area contributed by atoms with Crippen LogP contribution in [0.25, 0.3) is 0 Å². The number of carboxylic acid groups (broad SMARTS) is 1. The monoisotopic (exact) mass is 281 g/mol. The normalized spacial score (nSPS) is 10.3. The van der Waals surface area contributed by atoms with Crippen molar-refractivity contribution in [2.75, 3.05) is 0 Å². The molecule has 0 spiro atoms. The molecule has 1 heterocycles. The fourth-order valence-corrected chi connectivity index (χ4v) is 1.53. The summed E-state index contributed by atoms with van der Waals surface area (Å²) in [5.74, 6) is -0.787. The summed E-state index contributed by atoms with van der Waals surface area (Å²) < 4.78 is 1.00. The molecule has 0 aliphatic heterocycles. The van der Waals surface area contributed by atoms with E-state index in [9.17, 15) is 4.79 Å². The first-order chi connectivity index (χ1) is 7.65. The lowest BCUT2D eigenvalue weighted by Crippen LogP contribution is -1.99. The lowest BCUT2D eigenvalue weighted by molar-refractivity contribution is 0.0684. The molecule has 0 amide bonds. The molecule has 0 saturated carbocycles. The summed E-state index contributed by atoms with van der Waals surface area (Å²) in [5.41, 5.74) is 1.04. The van der Waals surface area contributed by atoms with Gasteiger partial charge in [0.15, 0.2) is 0 Å². The van der Waals surface area contributed by atoms with Crippen molar-refractivity contribution in [3.8, 4) is 0 Å². The second kappa shape index (κ2) is 4.44. The van der Waals surface area contributed by atoms with E-state index >= 15 is 0 Å². The molecule has 0 atom stereocenters. The number of H-pyrrole nitrogens is 1. The van der Waals surface area contributed by atoms with Crippen molar-refractivity contribution in [3.63, 3.8) is 0 Å². The minimum absolute atomic E-state index is 0.202. The van der Waals surface area contributed by atoms with Crippen LogP contribution in [0.5, 0.6) is 0 Å². The van der Waals surface area contributed by atoms with Crippen molar-refractivity contribution in [2.45, 2.75) is 6.42 Å². The molecule has 6 heteroatoms. The Kier molecular flexibility index (Phi) is 3.00. The largest absolute Gasteiger partial charge is 0.475 e. The van der Waals surface area contributed by atoms with E-state index in [-0.39, 0.29) is 5.82 Å². The highest BCUT2D eigenvalue weighted by atomic mass is 79.9. The fourth-order valence-electron chi connectivity index (χ4n) is 1.27. The summed E-state index contributed by atoms with van der Waals surface area (Å²) in [6.07, 6.45) is 0.535. The third kappa shape index (κ3) is 2.46. The summed E-state index contributed by atoms with van der Waals surface area (Å²) in [6, 6.07) is 7.72. The molecule has 5 nitrogen and oxygen atoms in total. The molecule has 0 radical (unpaired) electrons. The van der Waals surface area contributed by atoms with Crippen LogP contribution < -0.4 is 0 Å². The summed E-state index contributed by atoms with van der Waals surface area (Å²) >= 11 is 3.34. The zero-order valence-electron chi connectivity index (χ0n) is 8.14. The molecule has 0 unspecified atom stereocenters. The van der Waals surface area contributed by atoms with E-state index in [1.54, 1.807) is 0 Å². The van der Waals surface area contributed by atoms with E-state index in [4.69, 9.17) is 5.11 Å². The first-order valence-corrected chi connectivity index (χ1v) is 5.33. The van der Waals surface area contributed by atoms with Gasteiger partial charge in [0.25, 0.3) is 5.82 Å². The quantitative estimate of drug-likeness (QED) is 0.900. The van der Waals surface area contributed by atoms with Gasteiger partial charge in [-0.15, -0.1) is 5.10 Å². The van der Waals surface area contributed by atoms with Crippen molar-refractivity contribution >= 4 is 21.9 Å². The van der Waals surface area contributed by atoms with E-state index < -0.39 is 5.97 Å². The molecule has 0 saturated heterocycles. The van der Waals surface area contributed by atoms with Gasteiger partial charge < -0.3 is 5.11 Å². The predicted octanol–water partition coefficient (Wildman–Crippen LogP) is 1.86. The summed E-state index contributed by atoms with van der Waals surface area (Å²) in [4.78, 5) is 14.4. The number of aromatic carboxylic acids is 1. The number of carbonyl (C=O) groups is 1. The molecule has 2 rings (SSSR count). The standard InChI is InChI=1S/C10H8BrN3O2/c11-7-3-1-6(2-4-7)5-8-12-9(10(15)16)14-13-8/h1-4H,5H2,(H,15,16)(H,12,13,14). The molecule has 1 aromatic carbocycles. The number of nitrogens with zero attached hydrogens (tertiary/aromatic N) is 2. The average Bonchev–Trinajstić information content (AvgIpc) is 2.70. The van der Waals surface area contributed by atoms with Gasteiger partial charge in [-0.3, -0.25) is 5.10 Å². The molecule has 1 aromatic heterocycles. The fraction of sp³-hybridized carbons (Fsp3) is 0.100. The Morgan fingerprint density at radius 1 is 1.38 bits per heavy atom. The first kappa shape index (κ1) is 10.8. The summed E-state index contributed by atoms with van der Waals surface area (Å²) in [6.45, 7) is 0. The average molecular weight is 282 g/mol. The Morgan fingerprint density at radius 3 is 2.62 bits per heavy atom. The van der Waals surface area contributed by atoms with Gasteiger partial charge in [-0.25, -0.2) is 9.78 Å². The third-order valence-corrected chi connectivity index (χ3v) is 2.54. The Morgan fingerprint density at radius 2 is 2.06 bits per heavy atom. The van der Waals surface area contributed by atoms with Gasteiger partial charge in [0.1, 0.15) is 5.82 Å². The van der Waals surface area contributed by atoms with Gasteiger partial charge in [0.05, 0.1) is 0 Å². The topological polar surface area (TPSA) is 78.9 Å². The molecule has 2 N–H and O–H groups in total. The zero-order chi connectivity index (χ0) is 11.5. The second-order valence-electron chi connectivity index (χ2n) is 3.21. The molecular weight excluding hydrogens is 274 g/mol. The highest BCUT2D eigenvalue weighted by molar-refractivity contribution is 9.10. The van der Waals surface area contributed by atoms with Crippen LogP contribution in [0.3, 0.4) is 0 Å². The van der Waals surface area contributed by atoms with Crippen molar-refractivity contribution in [2.24, 2.45) is 0 Å². The van der Waals surface area contributed by atoms with Gasteiger partial charge in [-0.2, -0.15) is 0 Å². The Labute approximate surface area is 99.7 Å². The van der Waals surface area contributed by atoms with Crippen LogP contribution in [-0.4, -0.2) is 26.3 Å². The maximum atomic E-state index is 10.6. The smallest absolute Gasteiger partial charge is 0.375 e. The molecule has 0 aliphatic carbocycles. The van der Waals surface area contributed by atoms with Crippen LogP contribution in [0.2, 0.25) is 0 Å². The number of aromatic amines is 1. The molecule has 2 aromatic rings. The molecule has 82 valence electrons. The van der Waals surface area contributed by atoms with E-state index in [2.05, 4.69) is 31.1 Å². The first-order valence-electron chi connectivity index (χ1n) is 4.54. The number of carboxylic acids is 1. The lowest BCUT2D eigenvalue weighted by atomic mass is 10.1. The van der Waals surface area contributed by atoms with Crippen LogP contribution in [0.4, 0.5) is 0 Å². The van der Waals surface area contributed by atoms with Gasteiger partial charge >= 0.3 is 5.97 Å². The number of hydrogen-bond donors (Lipinski definition) is 2. The number of aromatic nitrogens is 3. The summed E-state index contributed by atoms with van der Waals surface area (Å²) in [7, 11) is 0. The lowest BCUT2D eigenvalue weighted by Gasteiger charge is -1.97. The van der Waals surface area contributed by atoms with E-state index in [0.717, 1.165) is 10.0 Å². The Bertz CT molecular complexity index is 507. The van der Waals surface area contributed by atoms with Crippen LogP contribution >= 0.6 is 15.9 Å². The molecule has 0 aliphatic rings. The van der Waals surface area contributed by atoms with Crippen molar-refractivity contribution < 1.29 is 9.90 Å². The van der Waals surface area contributed by atoms with Gasteiger partial charge in [-0.05, 0) is 17.7 Å². The van der Waals surface area contributed by atoms with E-state index in [0.29, 0.717) is 12.2 Å². The van der Waals surface area contributed by atoms with Crippen molar-refractivity contribution in [3.05, 3.63) is 46.0 Å². The Balaban J connectivity index is 2.14. The Hall–Kier alpha value is -1.69. The van der Waals surface area contributed by atoms with Crippen molar-refractivity contribution in [1.82, 2.24) is 15.2 Å². The number of halogens is 1. The highest BCUT2D eigenvalue weighted by Crippen LogP contribution is 2.12. The minimum atomic E-state index is -1.13. The predicted molar refractivity (Wildman–Crippen MR) is 60.3 cm³/mol. The highest BCUT2D eigenvalue weighted by Gasteiger charge is 2.10. The van der Waals surface area contributed by atoms with Gasteiger partial charge in [-0.1, -0.05) is 28.1 Å². The van der Waals surface area contributed by atoms with Crippen LogP contribution in [-0.2, 0) is 6.42 Å². The maximum Gasteiger partial charge on any atom is 0.375 e. The number of rotatable bonds is 3. The number of benzene rings is 1. The molecule has 16 heavy (non-hydrogen) atoms. The van der Waals surface area contributed by atoms with Crippen LogP contribution in [0.15, 0.2) is 28.7 Å². The third-order valence-electron chi connectivity index (χ3n) is 2.01. The zero-order valence-corrected chi connectivity index (χ0v) is 9.73. The molecule has 0 fully saturated rings. The summed E-state index contributed by atoms with van der Waals surface area (Å²) in [5, 5.41) is 14.8. The van der Waals surface area contributed by atoms with Crippen molar-refractivity contribution in [1.29, 1.82) is 0 Å². The van der Waals surface area contributed by atoms with E-state index in [1.807, 2.05) is 24.3 Å². The number of hydrogen-bond acceptors (Lipinski definition) is 3. The van der Waals surface area contributed by atoms with Crippen LogP contribution in [0.1, 0.15) is 22.0 Å². The van der Waals surface area contributed by atoms with Gasteiger partial charge in [0, 0.05) is 10.9 Å². The second-order valence-corrected chi connectivity index (χ2v) is 4.13. The van der Waals surface area contributed by atoms with Crippen LogP contribution in [0, 0.1) is 0 Å². The SMILES string of the molecule is O=C(O)c1n[nH]c(Cc2ccc(Br)cc2)n1. The number of nitrogens with one attached hydrogen (secondary N) is 1. The van der Waals surface area contributed by atoms with E-state index in [1.165, 1.54) is 0 Å². The maximum absolute atomic E-state index is 10.6. The minimum Gasteiger partial charge on any atom is -0.475 e. The van der Waals surface area contributed by atoms with Gasteiger partial charge in [0.2, 0.25) is 0 Å².